The highest BCUT2D eigenvalue weighted by Gasteiger charge is 2.71. The van der Waals surface area contributed by atoms with Crippen LogP contribution >= 0.6 is 0 Å². The molecule has 1 spiro atoms. The average molecular weight is 570 g/mol. The quantitative estimate of drug-likeness (QED) is 0.384. The summed E-state index contributed by atoms with van der Waals surface area (Å²) in [5.41, 5.74) is 2.34. The predicted molar refractivity (Wildman–Crippen MR) is 161 cm³/mol. The summed E-state index contributed by atoms with van der Waals surface area (Å²) in [6, 6.07) is 14.6. The zero-order valence-electron chi connectivity index (χ0n) is 24.3. The lowest BCUT2D eigenvalue weighted by atomic mass is 9.77. The van der Waals surface area contributed by atoms with E-state index in [2.05, 4.69) is 0 Å². The lowest BCUT2D eigenvalue weighted by Gasteiger charge is -2.36. The highest BCUT2D eigenvalue weighted by atomic mass is 16.5. The summed E-state index contributed by atoms with van der Waals surface area (Å²) in [5.74, 6) is -2.11. The zero-order valence-corrected chi connectivity index (χ0v) is 24.3. The molecule has 0 aromatic heterocycles. The second kappa shape index (κ2) is 11.5. The fourth-order valence-corrected chi connectivity index (χ4v) is 7.40. The molecule has 2 aromatic carbocycles. The van der Waals surface area contributed by atoms with Crippen molar-refractivity contribution in [2.24, 2.45) is 11.8 Å². The number of rotatable bonds is 8. The molecule has 0 radical (unpaired) electrons. The van der Waals surface area contributed by atoms with Crippen LogP contribution in [0.4, 0.5) is 11.4 Å². The first kappa shape index (κ1) is 28.4. The molecular weight excluding hydrogens is 530 g/mol. The Kier molecular flexibility index (Phi) is 7.77. The Labute approximate surface area is 247 Å². The number of nitrogens with zero attached hydrogens (tertiary/aromatic N) is 3. The van der Waals surface area contributed by atoms with Crippen LogP contribution in [0.2, 0.25) is 0 Å². The first-order chi connectivity index (χ1) is 20.4. The molecule has 8 nitrogen and oxygen atoms in total. The molecule has 42 heavy (non-hydrogen) atoms. The van der Waals surface area contributed by atoms with E-state index < -0.39 is 29.6 Å². The van der Waals surface area contributed by atoms with Crippen LogP contribution in [0.25, 0.3) is 0 Å². The topological polar surface area (TPSA) is 90.4 Å². The Morgan fingerprint density at radius 3 is 2.29 bits per heavy atom. The summed E-state index contributed by atoms with van der Waals surface area (Å²) >= 11 is 0. The van der Waals surface area contributed by atoms with Gasteiger partial charge in [-0.25, -0.2) is 0 Å². The van der Waals surface area contributed by atoms with Gasteiger partial charge in [0, 0.05) is 37.6 Å². The summed E-state index contributed by atoms with van der Waals surface area (Å²) in [5, 5.41) is 9.21. The van der Waals surface area contributed by atoms with Crippen molar-refractivity contribution < 1.29 is 24.2 Å². The minimum Gasteiger partial charge on any atom is -0.396 e. The van der Waals surface area contributed by atoms with Crippen molar-refractivity contribution in [3.8, 4) is 0 Å². The number of carbonyl (C=O) groups is 3. The van der Waals surface area contributed by atoms with E-state index in [1.165, 1.54) is 0 Å². The number of carbonyl (C=O) groups excluding carboxylic acids is 3. The maximum atomic E-state index is 14.7. The molecule has 0 aliphatic carbocycles. The Balaban J connectivity index is 1.41. The van der Waals surface area contributed by atoms with Crippen molar-refractivity contribution in [1.82, 2.24) is 4.90 Å². The maximum absolute atomic E-state index is 14.7. The highest BCUT2D eigenvalue weighted by Crippen LogP contribution is 2.54. The molecule has 4 heterocycles. The van der Waals surface area contributed by atoms with Crippen molar-refractivity contribution in [2.45, 2.75) is 57.3 Å². The summed E-state index contributed by atoms with van der Waals surface area (Å²) < 4.78 is 6.79. The molecule has 220 valence electrons. The largest absolute Gasteiger partial charge is 0.396 e. The molecule has 1 unspecified atom stereocenters. The molecule has 0 bridgehead atoms. The van der Waals surface area contributed by atoms with Gasteiger partial charge in [0.15, 0.2) is 0 Å². The van der Waals surface area contributed by atoms with E-state index in [-0.39, 0.29) is 24.3 Å². The summed E-state index contributed by atoms with van der Waals surface area (Å²) in [4.78, 5) is 48.6. The number of amides is 3. The van der Waals surface area contributed by atoms with Crippen molar-refractivity contribution in [2.75, 3.05) is 36.0 Å². The Morgan fingerprint density at radius 1 is 0.833 bits per heavy atom. The minimum atomic E-state index is -1.25. The van der Waals surface area contributed by atoms with Gasteiger partial charge in [-0.15, -0.1) is 0 Å². The highest BCUT2D eigenvalue weighted by molar-refractivity contribution is 6.07. The van der Waals surface area contributed by atoms with Gasteiger partial charge in [0.2, 0.25) is 11.8 Å². The molecule has 2 saturated heterocycles. The SMILES string of the molecule is Cc1cccc(C)c1N1CC=C[C@]23O[C@H]4C=CCN(c5ccccc5)C(=O)[C@H]4[C@H]2C(=O)N(CCCCCCO)C3C1=O. The zero-order chi connectivity index (χ0) is 29.4. The third-order valence-electron chi connectivity index (χ3n) is 9.24. The van der Waals surface area contributed by atoms with Gasteiger partial charge in [0.25, 0.3) is 5.91 Å². The fourth-order valence-electron chi connectivity index (χ4n) is 7.40. The Hall–Kier alpha value is -3.75. The van der Waals surface area contributed by atoms with Crippen molar-refractivity contribution in [1.29, 1.82) is 0 Å². The van der Waals surface area contributed by atoms with Gasteiger partial charge in [-0.1, -0.05) is 73.5 Å². The lowest BCUT2D eigenvalue weighted by Crippen LogP contribution is -2.55. The van der Waals surface area contributed by atoms with E-state index in [1.807, 2.05) is 86.7 Å². The number of likely N-dealkylation sites (tertiary alicyclic amines) is 1. The summed E-state index contributed by atoms with van der Waals surface area (Å²) in [7, 11) is 0. The van der Waals surface area contributed by atoms with Crippen LogP contribution in [-0.4, -0.2) is 71.7 Å². The predicted octanol–water partition coefficient (Wildman–Crippen LogP) is 3.94. The monoisotopic (exact) mass is 569 g/mol. The maximum Gasteiger partial charge on any atom is 0.253 e. The van der Waals surface area contributed by atoms with Crippen molar-refractivity contribution in [3.05, 3.63) is 84.0 Å². The molecule has 8 heteroatoms. The lowest BCUT2D eigenvalue weighted by molar-refractivity contribution is -0.140. The first-order valence-corrected chi connectivity index (χ1v) is 15.1. The fraction of sp³-hybridized carbons (Fsp3) is 0.441. The number of hydrogen-bond acceptors (Lipinski definition) is 5. The smallest absolute Gasteiger partial charge is 0.253 e. The molecule has 0 saturated carbocycles. The average Bonchev–Trinajstić information content (AvgIpc) is 3.29. The number of aliphatic hydroxyl groups excluding tert-OH is 1. The summed E-state index contributed by atoms with van der Waals surface area (Å²) in [6.45, 7) is 5.25. The molecule has 3 amide bonds. The van der Waals surface area contributed by atoms with Gasteiger partial charge in [0.1, 0.15) is 11.6 Å². The van der Waals surface area contributed by atoms with Gasteiger partial charge >= 0.3 is 0 Å². The van der Waals surface area contributed by atoms with Crippen molar-refractivity contribution in [3.63, 3.8) is 0 Å². The van der Waals surface area contributed by atoms with Crippen LogP contribution in [-0.2, 0) is 19.1 Å². The minimum absolute atomic E-state index is 0.134. The van der Waals surface area contributed by atoms with Crippen molar-refractivity contribution >= 4 is 29.1 Å². The number of fused-ring (bicyclic) bond motifs is 2. The van der Waals surface area contributed by atoms with Crippen LogP contribution in [0.5, 0.6) is 0 Å². The second-order valence-electron chi connectivity index (χ2n) is 11.8. The third kappa shape index (κ3) is 4.57. The number of unbranched alkanes of at least 4 members (excludes halogenated alkanes) is 3. The van der Waals surface area contributed by atoms with E-state index in [0.717, 1.165) is 35.3 Å². The van der Waals surface area contributed by atoms with Gasteiger partial charge in [-0.05, 0) is 49.9 Å². The van der Waals surface area contributed by atoms with Gasteiger partial charge in [-0.2, -0.15) is 0 Å². The van der Waals surface area contributed by atoms with Crippen LogP contribution in [0.15, 0.2) is 72.8 Å². The number of benzene rings is 2. The van der Waals surface area contributed by atoms with Gasteiger partial charge < -0.3 is 24.5 Å². The van der Waals surface area contributed by atoms with E-state index in [4.69, 9.17) is 4.74 Å². The van der Waals surface area contributed by atoms with E-state index in [0.29, 0.717) is 32.5 Å². The van der Waals surface area contributed by atoms with Crippen LogP contribution in [0, 0.1) is 25.7 Å². The number of anilines is 2. The summed E-state index contributed by atoms with van der Waals surface area (Å²) in [6.07, 6.45) is 10.1. The van der Waals surface area contributed by atoms with E-state index in [9.17, 15) is 19.5 Å². The Bertz CT molecular complexity index is 1400. The molecule has 5 atom stereocenters. The number of para-hydroxylation sites is 2. The number of ether oxygens (including phenoxy) is 1. The number of aryl methyl sites for hydroxylation is 2. The normalized spacial score (nSPS) is 28.5. The molecule has 1 N–H and O–H groups in total. The Morgan fingerprint density at radius 2 is 1.55 bits per heavy atom. The standard InChI is InChI=1S/C34H39N3O5/c1-23-13-10-14-24(2)29(23)36-21-12-18-34-28(32(40)37(30(34)33(36)41)19-8-3-4-9-22-38)27-26(42-34)17-11-20-35(31(27)39)25-15-6-5-7-16-25/h5-7,10-18,26-28,30,38H,3-4,8-9,19-22H2,1-2H3/t26-,27+,28-,30?,34-/m0/s1. The number of aliphatic hydroxyl groups is 1. The van der Waals surface area contributed by atoms with Gasteiger partial charge in [0.05, 0.1) is 17.9 Å². The first-order valence-electron chi connectivity index (χ1n) is 15.1. The molecule has 2 aromatic rings. The third-order valence-corrected chi connectivity index (χ3v) is 9.24. The molecule has 4 aliphatic rings. The number of hydrogen-bond donors (Lipinski definition) is 1. The van der Waals surface area contributed by atoms with Gasteiger partial charge in [-0.3, -0.25) is 14.4 Å². The molecule has 6 rings (SSSR count). The molecular formula is C34H39N3O5. The second-order valence-corrected chi connectivity index (χ2v) is 11.8. The van der Waals surface area contributed by atoms with E-state index in [1.54, 1.807) is 14.7 Å². The van der Waals surface area contributed by atoms with E-state index >= 15 is 0 Å². The molecule has 2 fully saturated rings. The van der Waals surface area contributed by atoms with Crippen LogP contribution < -0.4 is 9.80 Å². The van der Waals surface area contributed by atoms with Crippen LogP contribution in [0.3, 0.4) is 0 Å². The molecule has 4 aliphatic heterocycles. The van der Waals surface area contributed by atoms with Crippen LogP contribution in [0.1, 0.15) is 36.8 Å².